The third-order valence-corrected chi connectivity index (χ3v) is 5.53. The quantitative estimate of drug-likeness (QED) is 0.400. The normalized spacial score (nSPS) is 20.4. The van der Waals surface area contributed by atoms with Crippen molar-refractivity contribution in [2.45, 2.75) is 84.8 Å². The van der Waals surface area contributed by atoms with Crippen LogP contribution in [0.15, 0.2) is 11.6 Å². The first-order chi connectivity index (χ1) is 12.6. The Hall–Kier alpha value is -1.64. The minimum absolute atomic E-state index is 0.0239. The summed E-state index contributed by atoms with van der Waals surface area (Å²) >= 11 is 0. The summed E-state index contributed by atoms with van der Waals surface area (Å²) in [7, 11) is 0. The zero-order valence-electron chi connectivity index (χ0n) is 17.0. The van der Waals surface area contributed by atoms with E-state index in [9.17, 15) is 24.9 Å². The number of hydrogen-bond donors (Lipinski definition) is 3. The van der Waals surface area contributed by atoms with Crippen LogP contribution in [0.2, 0.25) is 0 Å². The van der Waals surface area contributed by atoms with Crippen molar-refractivity contribution in [3.8, 4) is 11.8 Å². The van der Waals surface area contributed by atoms with Crippen LogP contribution in [-0.2, 0) is 9.59 Å². The molecule has 0 aromatic rings. The number of allylic oxidation sites excluding steroid dienone is 1. The largest absolute Gasteiger partial charge is 0.481 e. The standard InChI is InChI=1S/C22H34O5/c1-5-6-7-8-18(21(26)27)15(2)11-12-22(3,4)20(25)10-9-16-13-17(23)14-19(16)24/h13,15,18-20,24-25H,5-8,11-12,14H2,1-4H3,(H,26,27)/t15?,18?,19-,20-/m1/s1. The predicted octanol–water partition coefficient (Wildman–Crippen LogP) is 3.33. The van der Waals surface area contributed by atoms with Crippen LogP contribution in [0, 0.1) is 29.1 Å². The van der Waals surface area contributed by atoms with Gasteiger partial charge in [0.25, 0.3) is 0 Å². The maximum atomic E-state index is 11.6. The number of aliphatic carboxylic acids is 1. The first kappa shape index (κ1) is 23.4. The van der Waals surface area contributed by atoms with Gasteiger partial charge in [0.05, 0.1) is 12.0 Å². The molecule has 1 aliphatic carbocycles. The number of unbranched alkanes of at least 4 members (excludes halogenated alkanes) is 2. The maximum absolute atomic E-state index is 11.6. The van der Waals surface area contributed by atoms with Crippen LogP contribution in [0.4, 0.5) is 0 Å². The predicted molar refractivity (Wildman–Crippen MR) is 105 cm³/mol. The lowest BCUT2D eigenvalue weighted by Crippen LogP contribution is -2.30. The highest BCUT2D eigenvalue weighted by molar-refractivity contribution is 5.95. The molecule has 0 aromatic carbocycles. The minimum Gasteiger partial charge on any atom is -0.481 e. The van der Waals surface area contributed by atoms with E-state index >= 15 is 0 Å². The Morgan fingerprint density at radius 1 is 1.33 bits per heavy atom. The lowest BCUT2D eigenvalue weighted by molar-refractivity contribution is -0.144. The van der Waals surface area contributed by atoms with Crippen LogP contribution in [-0.4, -0.2) is 39.3 Å². The molecule has 0 bridgehead atoms. The molecule has 0 spiro atoms. The minimum atomic E-state index is -0.920. The Labute approximate surface area is 162 Å². The highest BCUT2D eigenvalue weighted by Gasteiger charge is 2.30. The molecule has 0 aliphatic heterocycles. The van der Waals surface area contributed by atoms with Gasteiger partial charge in [-0.15, -0.1) is 0 Å². The highest BCUT2D eigenvalue weighted by Crippen LogP contribution is 2.32. The van der Waals surface area contributed by atoms with Gasteiger partial charge in [-0.25, -0.2) is 0 Å². The van der Waals surface area contributed by atoms with E-state index in [-0.39, 0.29) is 24.0 Å². The molecule has 4 atom stereocenters. The third-order valence-electron chi connectivity index (χ3n) is 5.53. The van der Waals surface area contributed by atoms with Gasteiger partial charge in [-0.05, 0) is 31.3 Å². The van der Waals surface area contributed by atoms with Crippen molar-refractivity contribution in [2.24, 2.45) is 17.3 Å². The van der Waals surface area contributed by atoms with E-state index in [1.54, 1.807) is 0 Å². The Kier molecular flexibility index (Phi) is 9.21. The van der Waals surface area contributed by atoms with Gasteiger partial charge in [0, 0.05) is 17.4 Å². The van der Waals surface area contributed by atoms with Crippen molar-refractivity contribution in [2.75, 3.05) is 0 Å². The second-order valence-corrected chi connectivity index (χ2v) is 8.40. The van der Waals surface area contributed by atoms with Crippen molar-refractivity contribution in [1.29, 1.82) is 0 Å². The van der Waals surface area contributed by atoms with Crippen molar-refractivity contribution in [3.05, 3.63) is 11.6 Å². The molecule has 0 fully saturated rings. The summed E-state index contributed by atoms with van der Waals surface area (Å²) in [6.45, 7) is 7.86. The molecule has 0 radical (unpaired) electrons. The SMILES string of the molecule is CCCCCC(C(=O)O)C(C)CCC(C)(C)[C@H](O)C#CC1=CC(=O)C[C@H]1O. The first-order valence-corrected chi connectivity index (χ1v) is 9.93. The Bertz CT molecular complexity index is 608. The molecule has 0 amide bonds. The molecule has 27 heavy (non-hydrogen) atoms. The van der Waals surface area contributed by atoms with Gasteiger partial charge in [0.2, 0.25) is 0 Å². The van der Waals surface area contributed by atoms with Crippen molar-refractivity contribution < 1.29 is 24.9 Å². The van der Waals surface area contributed by atoms with Crippen molar-refractivity contribution in [3.63, 3.8) is 0 Å². The number of carboxylic acids is 1. The van der Waals surface area contributed by atoms with Crippen molar-refractivity contribution >= 4 is 11.8 Å². The fraction of sp³-hybridized carbons (Fsp3) is 0.727. The number of hydrogen-bond acceptors (Lipinski definition) is 4. The van der Waals surface area contributed by atoms with Gasteiger partial charge in [-0.2, -0.15) is 0 Å². The Morgan fingerprint density at radius 2 is 2.00 bits per heavy atom. The van der Waals surface area contributed by atoms with E-state index in [0.29, 0.717) is 24.8 Å². The molecular formula is C22H34O5. The molecule has 5 nitrogen and oxygen atoms in total. The lowest BCUT2D eigenvalue weighted by atomic mass is 9.77. The second-order valence-electron chi connectivity index (χ2n) is 8.40. The van der Waals surface area contributed by atoms with Gasteiger partial charge >= 0.3 is 5.97 Å². The summed E-state index contributed by atoms with van der Waals surface area (Å²) in [6, 6.07) is 0. The second kappa shape index (κ2) is 10.6. The van der Waals surface area contributed by atoms with Crippen LogP contribution in [0.5, 0.6) is 0 Å². The number of carbonyl (C=O) groups excluding carboxylic acids is 1. The molecule has 1 aliphatic rings. The van der Waals surface area contributed by atoms with Crippen LogP contribution < -0.4 is 0 Å². The van der Waals surface area contributed by atoms with Crippen LogP contribution in [0.1, 0.15) is 72.6 Å². The number of rotatable bonds is 10. The van der Waals surface area contributed by atoms with Gasteiger partial charge in [-0.3, -0.25) is 9.59 Å². The van der Waals surface area contributed by atoms with Crippen molar-refractivity contribution in [1.82, 2.24) is 0 Å². The van der Waals surface area contributed by atoms with Gasteiger partial charge in [-0.1, -0.05) is 58.8 Å². The summed E-state index contributed by atoms with van der Waals surface area (Å²) < 4.78 is 0. The molecule has 3 N–H and O–H groups in total. The molecule has 1 rings (SSSR count). The topological polar surface area (TPSA) is 94.8 Å². The number of aliphatic hydroxyl groups is 2. The molecule has 0 heterocycles. The summed E-state index contributed by atoms with van der Waals surface area (Å²) in [5, 5.41) is 29.7. The zero-order chi connectivity index (χ0) is 20.6. The molecule has 0 aromatic heterocycles. The molecule has 152 valence electrons. The molecule has 5 heteroatoms. The van der Waals surface area contributed by atoms with Crippen LogP contribution in [0.25, 0.3) is 0 Å². The van der Waals surface area contributed by atoms with Crippen LogP contribution in [0.3, 0.4) is 0 Å². The Morgan fingerprint density at radius 3 is 2.52 bits per heavy atom. The summed E-state index contributed by atoms with van der Waals surface area (Å²) in [5.41, 5.74) is -0.160. The van der Waals surface area contributed by atoms with E-state index in [1.165, 1.54) is 6.08 Å². The average molecular weight is 379 g/mol. The summed E-state index contributed by atoms with van der Waals surface area (Å²) in [4.78, 5) is 22.9. The molecule has 2 unspecified atom stereocenters. The van der Waals surface area contributed by atoms with E-state index in [2.05, 4.69) is 18.8 Å². The number of aliphatic hydroxyl groups excluding tert-OH is 2. The number of carbonyl (C=O) groups is 2. The smallest absolute Gasteiger partial charge is 0.306 e. The highest BCUT2D eigenvalue weighted by atomic mass is 16.4. The van der Waals surface area contributed by atoms with Gasteiger partial charge in [0.15, 0.2) is 5.78 Å². The zero-order valence-corrected chi connectivity index (χ0v) is 17.0. The summed E-state index contributed by atoms with van der Waals surface area (Å²) in [5.74, 6) is 4.23. The van der Waals surface area contributed by atoms with E-state index < -0.39 is 23.6 Å². The monoisotopic (exact) mass is 378 g/mol. The molecule has 0 saturated carbocycles. The molecular weight excluding hydrogens is 344 g/mol. The lowest BCUT2D eigenvalue weighted by Gasteiger charge is -2.30. The first-order valence-electron chi connectivity index (χ1n) is 9.93. The van der Waals surface area contributed by atoms with E-state index in [0.717, 1.165) is 19.3 Å². The van der Waals surface area contributed by atoms with E-state index in [4.69, 9.17) is 0 Å². The number of ketones is 1. The number of carboxylic acid groups (broad SMARTS) is 1. The van der Waals surface area contributed by atoms with E-state index in [1.807, 2.05) is 20.8 Å². The fourth-order valence-electron chi connectivity index (χ4n) is 3.30. The Balaban J connectivity index is 2.63. The summed E-state index contributed by atoms with van der Waals surface area (Å²) in [6.07, 6.45) is 4.63. The fourth-order valence-corrected chi connectivity index (χ4v) is 3.30. The van der Waals surface area contributed by atoms with Gasteiger partial charge < -0.3 is 15.3 Å². The average Bonchev–Trinajstić information content (AvgIpc) is 2.91. The van der Waals surface area contributed by atoms with Gasteiger partial charge in [0.1, 0.15) is 6.10 Å². The third kappa shape index (κ3) is 7.48. The maximum Gasteiger partial charge on any atom is 0.306 e. The molecule has 0 saturated heterocycles. The van der Waals surface area contributed by atoms with Crippen LogP contribution >= 0.6 is 0 Å².